The molecule has 1 aliphatic heterocycles. The van der Waals surface area contributed by atoms with Crippen molar-refractivity contribution in [3.05, 3.63) is 29.8 Å². The zero-order valence-corrected chi connectivity index (χ0v) is 9.84. The number of hydrogen-bond acceptors (Lipinski definition) is 4. The molecule has 0 atom stereocenters. The quantitative estimate of drug-likeness (QED) is 0.626. The molecule has 0 unspecified atom stereocenters. The molecule has 18 heavy (non-hydrogen) atoms. The third kappa shape index (κ3) is 3.00. The number of carbonyl (C=O) groups excluding carboxylic acids is 1. The summed E-state index contributed by atoms with van der Waals surface area (Å²) in [5.74, 6) is 1.47. The Balaban J connectivity index is 2.05. The first-order valence-electron chi connectivity index (χ1n) is 5.32. The summed E-state index contributed by atoms with van der Waals surface area (Å²) < 4.78 is 10.5. The van der Waals surface area contributed by atoms with Gasteiger partial charge in [-0.15, -0.1) is 0 Å². The fourth-order valence-electron chi connectivity index (χ4n) is 1.41. The minimum atomic E-state index is -0.689. The van der Waals surface area contributed by atoms with E-state index < -0.39 is 6.03 Å². The van der Waals surface area contributed by atoms with Crippen molar-refractivity contribution in [3.8, 4) is 11.5 Å². The van der Waals surface area contributed by atoms with Crippen molar-refractivity contribution < 1.29 is 14.3 Å². The Labute approximate surface area is 104 Å². The monoisotopic (exact) mass is 247 g/mol. The number of nitrogens with zero attached hydrogens (tertiary/aromatic N) is 1. The van der Waals surface area contributed by atoms with E-state index >= 15 is 0 Å². The van der Waals surface area contributed by atoms with Gasteiger partial charge in [0.2, 0.25) is 6.79 Å². The number of nitrogens with one attached hydrogen (secondary N) is 1. The highest BCUT2D eigenvalue weighted by Crippen LogP contribution is 2.32. The second-order valence-electron chi connectivity index (χ2n) is 3.68. The fraction of sp³-hybridized carbons (Fsp3) is 0.167. The second-order valence-corrected chi connectivity index (χ2v) is 3.68. The van der Waals surface area contributed by atoms with Crippen LogP contribution in [0.2, 0.25) is 0 Å². The molecule has 0 saturated carbocycles. The van der Waals surface area contributed by atoms with Crippen LogP contribution >= 0.6 is 0 Å². The number of nitrogens with two attached hydrogens (primary N) is 1. The number of carbonyl (C=O) groups is 1. The van der Waals surface area contributed by atoms with Crippen LogP contribution in [0.1, 0.15) is 12.5 Å². The topological polar surface area (TPSA) is 85.9 Å². The van der Waals surface area contributed by atoms with Gasteiger partial charge in [-0.3, -0.25) is 0 Å². The molecular weight excluding hydrogens is 234 g/mol. The van der Waals surface area contributed by atoms with Crippen LogP contribution in [0.25, 0.3) is 6.08 Å². The van der Waals surface area contributed by atoms with Crippen molar-refractivity contribution in [3.63, 3.8) is 0 Å². The summed E-state index contributed by atoms with van der Waals surface area (Å²) >= 11 is 0. The van der Waals surface area contributed by atoms with Gasteiger partial charge in [-0.05, 0) is 30.7 Å². The molecule has 1 heterocycles. The Bertz CT molecular complexity index is 523. The summed E-state index contributed by atoms with van der Waals surface area (Å²) in [6.07, 6.45) is 3.61. The molecule has 2 rings (SSSR count). The lowest BCUT2D eigenvalue weighted by Crippen LogP contribution is -2.25. The number of fused-ring (bicyclic) bond motifs is 1. The molecule has 1 aromatic carbocycles. The van der Waals surface area contributed by atoms with Gasteiger partial charge >= 0.3 is 6.03 Å². The van der Waals surface area contributed by atoms with Gasteiger partial charge in [0.05, 0.1) is 5.71 Å². The van der Waals surface area contributed by atoms with Crippen molar-refractivity contribution in [2.24, 2.45) is 10.8 Å². The maximum Gasteiger partial charge on any atom is 0.332 e. The van der Waals surface area contributed by atoms with E-state index in [4.69, 9.17) is 15.2 Å². The van der Waals surface area contributed by atoms with E-state index in [2.05, 4.69) is 10.5 Å². The molecule has 2 amide bonds. The molecule has 0 spiro atoms. The van der Waals surface area contributed by atoms with Gasteiger partial charge in [0.1, 0.15) is 0 Å². The zero-order chi connectivity index (χ0) is 13.0. The minimum Gasteiger partial charge on any atom is -0.454 e. The Morgan fingerprint density at radius 1 is 1.44 bits per heavy atom. The van der Waals surface area contributed by atoms with Gasteiger partial charge < -0.3 is 15.2 Å². The van der Waals surface area contributed by atoms with E-state index in [1.165, 1.54) is 0 Å². The van der Waals surface area contributed by atoms with Crippen LogP contribution < -0.4 is 20.6 Å². The molecule has 0 fully saturated rings. The summed E-state index contributed by atoms with van der Waals surface area (Å²) in [4.78, 5) is 10.5. The van der Waals surface area contributed by atoms with Crippen LogP contribution in [-0.4, -0.2) is 18.5 Å². The summed E-state index contributed by atoms with van der Waals surface area (Å²) in [5.41, 5.74) is 8.63. The van der Waals surface area contributed by atoms with E-state index in [9.17, 15) is 4.79 Å². The molecule has 6 heteroatoms. The molecule has 0 saturated heterocycles. The predicted octanol–water partition coefficient (Wildman–Crippen LogP) is 1.47. The van der Waals surface area contributed by atoms with Crippen molar-refractivity contribution in [1.82, 2.24) is 5.43 Å². The summed E-state index contributed by atoms with van der Waals surface area (Å²) in [5, 5.41) is 3.76. The summed E-state index contributed by atoms with van der Waals surface area (Å²) in [6, 6.07) is 4.92. The molecule has 0 bridgehead atoms. The largest absolute Gasteiger partial charge is 0.454 e. The average molecular weight is 247 g/mol. The maximum absolute atomic E-state index is 10.5. The third-order valence-corrected chi connectivity index (χ3v) is 2.26. The number of benzene rings is 1. The van der Waals surface area contributed by atoms with E-state index in [0.717, 1.165) is 17.1 Å². The zero-order valence-electron chi connectivity index (χ0n) is 9.84. The van der Waals surface area contributed by atoms with Gasteiger partial charge in [0.25, 0.3) is 0 Å². The van der Waals surface area contributed by atoms with E-state index in [1.807, 2.05) is 24.3 Å². The molecular formula is C12H13N3O3. The molecule has 0 aliphatic carbocycles. The fourth-order valence-corrected chi connectivity index (χ4v) is 1.41. The van der Waals surface area contributed by atoms with Crippen LogP contribution in [0, 0.1) is 0 Å². The van der Waals surface area contributed by atoms with Gasteiger partial charge in [0.15, 0.2) is 11.5 Å². The first-order chi connectivity index (χ1) is 8.65. The number of hydrazone groups is 1. The first-order valence-corrected chi connectivity index (χ1v) is 5.32. The van der Waals surface area contributed by atoms with E-state index in [0.29, 0.717) is 5.71 Å². The van der Waals surface area contributed by atoms with Gasteiger partial charge in [-0.2, -0.15) is 5.10 Å². The number of amides is 2. The molecule has 1 aromatic rings. The number of hydrogen-bond donors (Lipinski definition) is 2. The Kier molecular flexibility index (Phi) is 3.47. The lowest BCUT2D eigenvalue weighted by Gasteiger charge is -1.98. The predicted molar refractivity (Wildman–Crippen MR) is 67.4 cm³/mol. The Hall–Kier alpha value is -2.50. The van der Waals surface area contributed by atoms with Crippen molar-refractivity contribution >= 4 is 17.8 Å². The van der Waals surface area contributed by atoms with Crippen LogP contribution in [0.4, 0.5) is 4.79 Å². The first kappa shape index (κ1) is 12.0. The number of rotatable bonds is 3. The molecule has 1 aliphatic rings. The SMILES string of the molecule is CC(C=Cc1ccc2c(c1)OCO2)=NNC(N)=O. The van der Waals surface area contributed by atoms with E-state index in [-0.39, 0.29) is 6.79 Å². The highest BCUT2D eigenvalue weighted by Gasteiger charge is 2.11. The molecule has 0 radical (unpaired) electrons. The van der Waals surface area contributed by atoms with Crippen molar-refractivity contribution in [2.75, 3.05) is 6.79 Å². The lowest BCUT2D eigenvalue weighted by atomic mass is 10.2. The van der Waals surface area contributed by atoms with Crippen LogP contribution in [0.5, 0.6) is 11.5 Å². The molecule has 6 nitrogen and oxygen atoms in total. The lowest BCUT2D eigenvalue weighted by molar-refractivity contribution is 0.174. The Morgan fingerprint density at radius 2 is 2.22 bits per heavy atom. The molecule has 0 aromatic heterocycles. The van der Waals surface area contributed by atoms with Crippen molar-refractivity contribution in [1.29, 1.82) is 0 Å². The number of ether oxygens (including phenoxy) is 2. The van der Waals surface area contributed by atoms with Crippen molar-refractivity contribution in [2.45, 2.75) is 6.92 Å². The second kappa shape index (κ2) is 5.22. The standard InChI is InChI=1S/C12H13N3O3/c1-8(14-15-12(13)16)2-3-9-4-5-10-11(6-9)18-7-17-10/h2-6H,7H2,1H3,(H3,13,15,16). The average Bonchev–Trinajstić information content (AvgIpc) is 2.81. The minimum absolute atomic E-state index is 0.255. The Morgan fingerprint density at radius 3 is 3.00 bits per heavy atom. The highest BCUT2D eigenvalue weighted by atomic mass is 16.7. The van der Waals surface area contributed by atoms with Gasteiger partial charge in [-0.1, -0.05) is 12.1 Å². The van der Waals surface area contributed by atoms with Crippen LogP contribution in [0.3, 0.4) is 0 Å². The number of allylic oxidation sites excluding steroid dienone is 1. The number of primary amides is 1. The highest BCUT2D eigenvalue weighted by molar-refractivity contribution is 5.96. The van der Waals surface area contributed by atoms with Crippen LogP contribution in [0.15, 0.2) is 29.4 Å². The molecule has 3 N–H and O–H groups in total. The number of urea groups is 1. The normalized spacial score (nSPS) is 13.9. The molecule has 94 valence electrons. The summed E-state index contributed by atoms with van der Waals surface area (Å²) in [7, 11) is 0. The maximum atomic E-state index is 10.5. The van der Waals surface area contributed by atoms with Crippen LogP contribution in [-0.2, 0) is 0 Å². The van der Waals surface area contributed by atoms with Gasteiger partial charge in [-0.25, -0.2) is 10.2 Å². The summed E-state index contributed by atoms with van der Waals surface area (Å²) in [6.45, 7) is 2.00. The van der Waals surface area contributed by atoms with Gasteiger partial charge in [0, 0.05) is 0 Å². The van der Waals surface area contributed by atoms with E-state index in [1.54, 1.807) is 13.0 Å². The smallest absolute Gasteiger partial charge is 0.332 e. The third-order valence-electron chi connectivity index (χ3n) is 2.26.